The molecule has 0 spiro atoms. The van der Waals surface area contributed by atoms with Gasteiger partial charge >= 0.3 is 0 Å². The summed E-state index contributed by atoms with van der Waals surface area (Å²) < 4.78 is 25.1. The average molecular weight is 424 g/mol. The SMILES string of the molecule is O=C1NCCc2[nH]c(-c3ccncc3OCC3COC3)c(Nc3cccc(F)c3O)c21. The van der Waals surface area contributed by atoms with Gasteiger partial charge in [0.15, 0.2) is 11.6 Å². The molecule has 31 heavy (non-hydrogen) atoms. The molecule has 0 atom stereocenters. The van der Waals surface area contributed by atoms with Crippen LogP contribution in [0, 0.1) is 11.7 Å². The topological polar surface area (TPSA) is 109 Å². The van der Waals surface area contributed by atoms with Crippen LogP contribution in [0.3, 0.4) is 0 Å². The van der Waals surface area contributed by atoms with Gasteiger partial charge in [-0.25, -0.2) is 4.39 Å². The molecule has 1 amide bonds. The summed E-state index contributed by atoms with van der Waals surface area (Å²) in [5.74, 6) is -0.630. The molecular formula is C22H21FN4O4. The number of nitrogens with one attached hydrogen (secondary N) is 3. The standard InChI is InChI=1S/C22H21FN4O4/c23-14-2-1-3-16(21(14)28)27-20-18-15(5-7-25-22(18)29)26-19(20)13-4-6-24-8-17(13)31-11-12-9-30-10-12/h1-4,6,8,12,26-28H,5,7,9-11H2,(H,25,29). The number of amides is 1. The monoisotopic (exact) mass is 424 g/mol. The summed E-state index contributed by atoms with van der Waals surface area (Å²) in [7, 11) is 0. The van der Waals surface area contributed by atoms with Crippen molar-refractivity contribution in [1.82, 2.24) is 15.3 Å². The maximum Gasteiger partial charge on any atom is 0.255 e. The molecule has 0 unspecified atom stereocenters. The number of para-hydroxylation sites is 1. The first kappa shape index (κ1) is 19.4. The van der Waals surface area contributed by atoms with E-state index in [2.05, 4.69) is 20.6 Å². The van der Waals surface area contributed by atoms with Gasteiger partial charge in [-0.15, -0.1) is 0 Å². The molecule has 8 nitrogen and oxygen atoms in total. The molecule has 2 aromatic heterocycles. The lowest BCUT2D eigenvalue weighted by molar-refractivity contribution is -0.0508. The maximum atomic E-state index is 13.9. The van der Waals surface area contributed by atoms with Gasteiger partial charge in [-0.2, -0.15) is 0 Å². The lowest BCUT2D eigenvalue weighted by atomic mass is 10.0. The quantitative estimate of drug-likeness (QED) is 0.453. The molecule has 0 bridgehead atoms. The molecule has 9 heteroatoms. The second kappa shape index (κ2) is 7.92. The van der Waals surface area contributed by atoms with Crippen molar-refractivity contribution in [3.63, 3.8) is 0 Å². The van der Waals surface area contributed by atoms with E-state index in [-0.39, 0.29) is 11.6 Å². The maximum absolute atomic E-state index is 13.9. The number of carbonyl (C=O) groups excluding carboxylic acids is 1. The number of fused-ring (bicyclic) bond motifs is 1. The number of aromatic hydroxyl groups is 1. The Bertz CT molecular complexity index is 1140. The number of hydrogen-bond acceptors (Lipinski definition) is 6. The summed E-state index contributed by atoms with van der Waals surface area (Å²) in [6, 6.07) is 5.98. The highest BCUT2D eigenvalue weighted by Crippen LogP contribution is 2.41. The number of pyridine rings is 1. The van der Waals surface area contributed by atoms with Crippen molar-refractivity contribution in [3.8, 4) is 22.8 Å². The van der Waals surface area contributed by atoms with Crippen LogP contribution in [-0.2, 0) is 11.2 Å². The van der Waals surface area contributed by atoms with Crippen molar-refractivity contribution in [2.45, 2.75) is 6.42 Å². The van der Waals surface area contributed by atoms with Gasteiger partial charge in [-0.05, 0) is 18.2 Å². The van der Waals surface area contributed by atoms with E-state index in [1.165, 1.54) is 12.1 Å². The molecular weight excluding hydrogens is 403 g/mol. The number of ether oxygens (including phenoxy) is 2. The van der Waals surface area contributed by atoms with Crippen molar-refractivity contribution >= 4 is 17.3 Å². The average Bonchev–Trinajstić information content (AvgIpc) is 3.10. The van der Waals surface area contributed by atoms with E-state index in [9.17, 15) is 14.3 Å². The van der Waals surface area contributed by atoms with Crippen LogP contribution < -0.4 is 15.4 Å². The first-order valence-electron chi connectivity index (χ1n) is 10.0. The fraction of sp³-hybridized carbons (Fsp3) is 0.273. The second-order valence-electron chi connectivity index (χ2n) is 7.58. The first-order valence-corrected chi connectivity index (χ1v) is 10.0. The van der Waals surface area contributed by atoms with E-state index in [0.29, 0.717) is 67.0 Å². The summed E-state index contributed by atoms with van der Waals surface area (Å²) in [5.41, 5.74) is 3.09. The molecule has 4 heterocycles. The summed E-state index contributed by atoms with van der Waals surface area (Å²) in [6.45, 7) is 2.33. The highest BCUT2D eigenvalue weighted by Gasteiger charge is 2.29. The van der Waals surface area contributed by atoms with Gasteiger partial charge < -0.3 is 30.2 Å². The lowest BCUT2D eigenvalue weighted by Gasteiger charge is -2.26. The van der Waals surface area contributed by atoms with Crippen molar-refractivity contribution in [1.29, 1.82) is 0 Å². The van der Waals surface area contributed by atoms with Gasteiger partial charge in [0.2, 0.25) is 0 Å². The Morgan fingerprint density at radius 1 is 1.32 bits per heavy atom. The van der Waals surface area contributed by atoms with Crippen molar-refractivity contribution in [2.24, 2.45) is 5.92 Å². The van der Waals surface area contributed by atoms with E-state index >= 15 is 0 Å². The van der Waals surface area contributed by atoms with Gasteiger partial charge in [0.25, 0.3) is 5.91 Å². The zero-order valence-electron chi connectivity index (χ0n) is 16.6. The predicted octanol–water partition coefficient (Wildman–Crippen LogP) is 2.98. The molecule has 0 saturated carbocycles. The number of benzene rings is 1. The van der Waals surface area contributed by atoms with Crippen molar-refractivity contribution < 1.29 is 23.8 Å². The van der Waals surface area contributed by atoms with Gasteiger partial charge in [-0.3, -0.25) is 9.78 Å². The Balaban J connectivity index is 1.59. The molecule has 3 aromatic rings. The zero-order chi connectivity index (χ0) is 21.4. The first-order chi connectivity index (χ1) is 15.1. The third kappa shape index (κ3) is 3.57. The minimum Gasteiger partial charge on any atom is -0.503 e. The molecule has 5 rings (SSSR count). The van der Waals surface area contributed by atoms with E-state index in [4.69, 9.17) is 9.47 Å². The number of hydrogen-bond donors (Lipinski definition) is 4. The fourth-order valence-electron chi connectivity index (χ4n) is 3.75. The number of nitrogens with zero attached hydrogens (tertiary/aromatic N) is 1. The van der Waals surface area contributed by atoms with Crippen LogP contribution in [0.2, 0.25) is 0 Å². The number of aromatic amines is 1. The Hall–Kier alpha value is -3.59. The van der Waals surface area contributed by atoms with Gasteiger partial charge in [0.1, 0.15) is 5.75 Å². The molecule has 1 aromatic carbocycles. The number of anilines is 2. The summed E-state index contributed by atoms with van der Waals surface area (Å²) in [6.07, 6.45) is 3.88. The van der Waals surface area contributed by atoms with Crippen LogP contribution in [0.4, 0.5) is 15.8 Å². The smallest absolute Gasteiger partial charge is 0.255 e. The van der Waals surface area contributed by atoms with Crippen molar-refractivity contribution in [3.05, 3.63) is 53.7 Å². The van der Waals surface area contributed by atoms with Gasteiger partial charge in [0.05, 0.1) is 48.6 Å². The summed E-state index contributed by atoms with van der Waals surface area (Å²) in [5, 5.41) is 16.1. The fourth-order valence-corrected chi connectivity index (χ4v) is 3.75. The second-order valence-corrected chi connectivity index (χ2v) is 7.58. The molecule has 2 aliphatic rings. The zero-order valence-corrected chi connectivity index (χ0v) is 16.6. The van der Waals surface area contributed by atoms with Crippen LogP contribution in [0.25, 0.3) is 11.3 Å². The van der Waals surface area contributed by atoms with Crippen molar-refractivity contribution in [2.75, 3.05) is 31.7 Å². The summed E-state index contributed by atoms with van der Waals surface area (Å²) >= 11 is 0. The molecule has 1 saturated heterocycles. The predicted molar refractivity (Wildman–Crippen MR) is 111 cm³/mol. The highest BCUT2D eigenvalue weighted by atomic mass is 19.1. The minimum absolute atomic E-state index is 0.157. The third-order valence-corrected chi connectivity index (χ3v) is 5.45. The Morgan fingerprint density at radius 2 is 2.19 bits per heavy atom. The number of phenols is 1. The van der Waals surface area contributed by atoms with E-state index in [1.807, 2.05) is 0 Å². The molecule has 4 N–H and O–H groups in total. The number of rotatable bonds is 6. The van der Waals surface area contributed by atoms with Crippen LogP contribution in [0.15, 0.2) is 36.7 Å². The van der Waals surface area contributed by atoms with Gasteiger partial charge in [-0.1, -0.05) is 6.07 Å². The Labute approximate surface area is 177 Å². The van der Waals surface area contributed by atoms with Gasteiger partial charge in [0, 0.05) is 36.3 Å². The highest BCUT2D eigenvalue weighted by molar-refractivity contribution is 6.06. The molecule has 2 aliphatic heterocycles. The third-order valence-electron chi connectivity index (χ3n) is 5.45. The number of phenolic OH excluding ortho intramolecular Hbond substituents is 1. The van der Waals surface area contributed by atoms with Crippen LogP contribution in [-0.4, -0.2) is 47.3 Å². The van der Waals surface area contributed by atoms with E-state index in [0.717, 1.165) is 5.69 Å². The minimum atomic E-state index is -0.754. The Kier molecular flexibility index (Phi) is 4.95. The number of H-pyrrole nitrogens is 1. The van der Waals surface area contributed by atoms with E-state index < -0.39 is 11.6 Å². The van der Waals surface area contributed by atoms with Crippen LogP contribution in [0.1, 0.15) is 16.1 Å². The summed E-state index contributed by atoms with van der Waals surface area (Å²) in [4.78, 5) is 20.2. The Morgan fingerprint density at radius 3 is 3.00 bits per heavy atom. The lowest BCUT2D eigenvalue weighted by Crippen LogP contribution is -2.32. The van der Waals surface area contributed by atoms with Crippen LogP contribution >= 0.6 is 0 Å². The largest absolute Gasteiger partial charge is 0.503 e. The van der Waals surface area contributed by atoms with Crippen LogP contribution in [0.5, 0.6) is 11.5 Å². The molecule has 160 valence electrons. The molecule has 0 aliphatic carbocycles. The number of aromatic nitrogens is 2. The molecule has 0 radical (unpaired) electrons. The molecule has 1 fully saturated rings. The normalized spacial score (nSPS) is 15.7. The number of carbonyl (C=O) groups is 1. The van der Waals surface area contributed by atoms with E-state index in [1.54, 1.807) is 24.5 Å². The number of halogens is 1.